The van der Waals surface area contributed by atoms with Crippen molar-refractivity contribution in [2.24, 2.45) is 5.73 Å². The topological polar surface area (TPSA) is 126 Å². The standard InChI is InChI=1S/C12H21NO6.C5H11NO.ClH/c1-12(2,3)19-11(16)13-8(10(15)18-5)6-7-9(14)17-4;6-5-2-1-3-7-4-5;/h8H,6-7H2,1-5H3,(H,13,16);5H,1-4,6H2;1H/t8-;5-;/m00./s1. The van der Waals surface area contributed by atoms with E-state index in [1.54, 1.807) is 20.8 Å². The van der Waals surface area contributed by atoms with Gasteiger partial charge in [0.2, 0.25) is 0 Å². The first-order valence-corrected chi connectivity index (χ1v) is 8.56. The number of hydrogen-bond donors (Lipinski definition) is 2. The highest BCUT2D eigenvalue weighted by molar-refractivity contribution is 5.85. The Bertz CT molecular complexity index is 449. The lowest BCUT2D eigenvalue weighted by Gasteiger charge is -2.22. The highest BCUT2D eigenvalue weighted by Gasteiger charge is 2.25. The Hall–Kier alpha value is -1.58. The molecule has 3 N–H and O–H groups in total. The van der Waals surface area contributed by atoms with E-state index in [-0.39, 0.29) is 25.2 Å². The van der Waals surface area contributed by atoms with Crippen LogP contribution in [0.15, 0.2) is 0 Å². The molecule has 0 aromatic rings. The molecule has 2 atom stereocenters. The quantitative estimate of drug-likeness (QED) is 0.514. The first-order chi connectivity index (χ1) is 12.1. The molecule has 1 aliphatic heterocycles. The summed E-state index contributed by atoms with van der Waals surface area (Å²) in [4.78, 5) is 34.0. The zero-order valence-electron chi connectivity index (χ0n) is 16.7. The van der Waals surface area contributed by atoms with Crippen LogP contribution in [-0.2, 0) is 28.5 Å². The SMILES string of the molecule is COC(=O)CC[C@H](NC(=O)OC(C)(C)C)C(=O)OC.Cl.N[C@H]1CCCOC1. The lowest BCUT2D eigenvalue weighted by Crippen LogP contribution is -2.44. The molecule has 9 nitrogen and oxygen atoms in total. The van der Waals surface area contributed by atoms with Gasteiger partial charge in [-0.05, 0) is 40.0 Å². The summed E-state index contributed by atoms with van der Waals surface area (Å²) in [5.41, 5.74) is 4.84. The number of hydrogen-bond acceptors (Lipinski definition) is 8. The van der Waals surface area contributed by atoms with Crippen LogP contribution in [0.25, 0.3) is 0 Å². The number of esters is 2. The molecule has 1 saturated heterocycles. The van der Waals surface area contributed by atoms with Crippen LogP contribution in [0.3, 0.4) is 0 Å². The highest BCUT2D eigenvalue weighted by Crippen LogP contribution is 2.08. The third-order valence-corrected chi connectivity index (χ3v) is 3.24. The second-order valence-electron chi connectivity index (χ2n) is 6.81. The van der Waals surface area contributed by atoms with E-state index >= 15 is 0 Å². The van der Waals surface area contributed by atoms with Crippen molar-refractivity contribution in [3.05, 3.63) is 0 Å². The molecular formula is C17H33ClN2O7. The minimum absolute atomic E-state index is 0. The highest BCUT2D eigenvalue weighted by atomic mass is 35.5. The zero-order valence-corrected chi connectivity index (χ0v) is 17.6. The van der Waals surface area contributed by atoms with Crippen LogP contribution in [0.5, 0.6) is 0 Å². The van der Waals surface area contributed by atoms with Gasteiger partial charge in [0.25, 0.3) is 0 Å². The van der Waals surface area contributed by atoms with Gasteiger partial charge in [0.1, 0.15) is 11.6 Å². The summed E-state index contributed by atoms with van der Waals surface area (Å²) in [5.74, 6) is -1.12. The minimum Gasteiger partial charge on any atom is -0.469 e. The largest absolute Gasteiger partial charge is 0.469 e. The Labute approximate surface area is 167 Å². The fraction of sp³-hybridized carbons (Fsp3) is 0.824. The van der Waals surface area contributed by atoms with Crippen molar-refractivity contribution >= 4 is 30.4 Å². The van der Waals surface area contributed by atoms with Gasteiger partial charge in [0.15, 0.2) is 0 Å². The second-order valence-corrected chi connectivity index (χ2v) is 6.81. The van der Waals surface area contributed by atoms with Crippen LogP contribution >= 0.6 is 12.4 Å². The minimum atomic E-state index is -0.945. The molecule has 0 aliphatic carbocycles. The van der Waals surface area contributed by atoms with E-state index in [1.165, 1.54) is 14.2 Å². The predicted octanol–water partition coefficient (Wildman–Crippen LogP) is 1.55. The van der Waals surface area contributed by atoms with E-state index in [9.17, 15) is 14.4 Å². The van der Waals surface area contributed by atoms with Crippen LogP contribution in [0.2, 0.25) is 0 Å². The van der Waals surface area contributed by atoms with Crippen molar-refractivity contribution in [3.63, 3.8) is 0 Å². The Morgan fingerprint density at radius 3 is 2.22 bits per heavy atom. The van der Waals surface area contributed by atoms with E-state index in [0.29, 0.717) is 6.04 Å². The van der Waals surface area contributed by atoms with Crippen molar-refractivity contribution in [2.45, 2.75) is 64.1 Å². The van der Waals surface area contributed by atoms with E-state index in [2.05, 4.69) is 14.8 Å². The Kier molecular flexibility index (Phi) is 14.8. The second kappa shape index (κ2) is 14.5. The van der Waals surface area contributed by atoms with Crippen LogP contribution in [0.4, 0.5) is 4.79 Å². The predicted molar refractivity (Wildman–Crippen MR) is 102 cm³/mol. The maximum atomic E-state index is 11.5. The molecule has 1 aliphatic rings. The average Bonchev–Trinajstić information content (AvgIpc) is 2.57. The summed E-state index contributed by atoms with van der Waals surface area (Å²) in [7, 11) is 2.45. The molecule has 0 aromatic heterocycles. The number of carbonyl (C=O) groups excluding carboxylic acids is 3. The van der Waals surface area contributed by atoms with Gasteiger partial charge in [0.05, 0.1) is 20.8 Å². The number of nitrogens with two attached hydrogens (primary N) is 1. The number of nitrogens with one attached hydrogen (secondary N) is 1. The molecule has 0 aromatic carbocycles. The molecule has 0 radical (unpaired) electrons. The maximum absolute atomic E-state index is 11.5. The smallest absolute Gasteiger partial charge is 0.408 e. The maximum Gasteiger partial charge on any atom is 0.408 e. The Morgan fingerprint density at radius 2 is 1.85 bits per heavy atom. The van der Waals surface area contributed by atoms with Crippen LogP contribution in [0, 0.1) is 0 Å². The van der Waals surface area contributed by atoms with Crippen molar-refractivity contribution in [3.8, 4) is 0 Å². The first-order valence-electron chi connectivity index (χ1n) is 8.56. The number of methoxy groups -OCH3 is 2. The van der Waals surface area contributed by atoms with Crippen molar-refractivity contribution < 1.29 is 33.3 Å². The zero-order chi connectivity index (χ0) is 20.2. The van der Waals surface area contributed by atoms with Crippen molar-refractivity contribution in [2.75, 3.05) is 27.4 Å². The summed E-state index contributed by atoms with van der Waals surface area (Å²) in [6.07, 6.45) is 1.61. The number of carbonyl (C=O) groups is 3. The number of ether oxygens (including phenoxy) is 4. The van der Waals surface area contributed by atoms with Gasteiger partial charge in [-0.15, -0.1) is 12.4 Å². The molecule has 160 valence electrons. The van der Waals surface area contributed by atoms with E-state index in [1.807, 2.05) is 0 Å². The number of rotatable bonds is 5. The van der Waals surface area contributed by atoms with Gasteiger partial charge >= 0.3 is 18.0 Å². The summed E-state index contributed by atoms with van der Waals surface area (Å²) in [6.45, 7) is 6.78. The van der Waals surface area contributed by atoms with Gasteiger partial charge in [-0.3, -0.25) is 4.79 Å². The van der Waals surface area contributed by atoms with E-state index in [4.69, 9.17) is 15.2 Å². The molecule has 0 bridgehead atoms. The summed E-state index contributed by atoms with van der Waals surface area (Å²) < 4.78 is 19.1. The van der Waals surface area contributed by atoms with Gasteiger partial charge in [-0.25, -0.2) is 9.59 Å². The van der Waals surface area contributed by atoms with Gasteiger partial charge in [-0.2, -0.15) is 0 Å². The van der Waals surface area contributed by atoms with Crippen LogP contribution in [-0.4, -0.2) is 63.1 Å². The first kappa shape index (κ1) is 27.6. The molecule has 10 heteroatoms. The Morgan fingerprint density at radius 1 is 1.22 bits per heavy atom. The molecule has 1 rings (SSSR count). The Balaban J connectivity index is 0. The molecule has 0 unspecified atom stereocenters. The number of halogens is 1. The third-order valence-electron chi connectivity index (χ3n) is 3.24. The molecule has 1 amide bonds. The molecule has 0 saturated carbocycles. The van der Waals surface area contributed by atoms with E-state index < -0.39 is 29.7 Å². The summed E-state index contributed by atoms with van der Waals surface area (Å²) >= 11 is 0. The molecule has 27 heavy (non-hydrogen) atoms. The van der Waals surface area contributed by atoms with Crippen molar-refractivity contribution in [1.82, 2.24) is 5.32 Å². The van der Waals surface area contributed by atoms with Crippen LogP contribution in [0.1, 0.15) is 46.5 Å². The van der Waals surface area contributed by atoms with Gasteiger partial charge < -0.3 is 30.0 Å². The molecule has 1 heterocycles. The molecular weight excluding hydrogens is 380 g/mol. The average molecular weight is 413 g/mol. The fourth-order valence-electron chi connectivity index (χ4n) is 1.97. The number of alkyl carbamates (subject to hydrolysis) is 1. The van der Waals surface area contributed by atoms with Gasteiger partial charge in [-0.1, -0.05) is 0 Å². The monoisotopic (exact) mass is 412 g/mol. The lowest BCUT2D eigenvalue weighted by molar-refractivity contribution is -0.144. The van der Waals surface area contributed by atoms with Crippen LogP contribution < -0.4 is 11.1 Å². The normalized spacial score (nSPS) is 17.2. The third kappa shape index (κ3) is 15.2. The van der Waals surface area contributed by atoms with Crippen molar-refractivity contribution in [1.29, 1.82) is 0 Å². The lowest BCUT2D eigenvalue weighted by atomic mass is 10.1. The summed E-state index contributed by atoms with van der Waals surface area (Å²) in [5, 5.41) is 2.36. The fourth-order valence-corrected chi connectivity index (χ4v) is 1.97. The summed E-state index contributed by atoms with van der Waals surface area (Å²) in [6, 6.07) is -0.632. The number of amides is 1. The molecule has 0 spiro atoms. The van der Waals surface area contributed by atoms with E-state index in [0.717, 1.165) is 26.1 Å². The van der Waals surface area contributed by atoms with Gasteiger partial charge in [0, 0.05) is 19.1 Å². The molecule has 1 fully saturated rings.